The van der Waals surface area contributed by atoms with E-state index in [4.69, 9.17) is 4.74 Å². The highest BCUT2D eigenvalue weighted by atomic mass is 19.4. The average molecular weight is 457 g/mol. The highest BCUT2D eigenvalue weighted by Gasteiger charge is 2.50. The second kappa shape index (κ2) is 7.64. The van der Waals surface area contributed by atoms with Gasteiger partial charge in [-0.15, -0.1) is 0 Å². The zero-order valence-electron chi connectivity index (χ0n) is 16.6. The number of carbonyl (C=O) groups is 1. The van der Waals surface area contributed by atoms with Gasteiger partial charge in [-0.2, -0.15) is 26.3 Å². The maximum atomic E-state index is 14.0. The quantitative estimate of drug-likeness (QED) is 0.472. The van der Waals surface area contributed by atoms with E-state index in [0.717, 1.165) is 24.3 Å². The highest BCUT2D eigenvalue weighted by molar-refractivity contribution is 5.91. The van der Waals surface area contributed by atoms with Crippen LogP contribution in [0.4, 0.5) is 36.8 Å². The summed E-state index contributed by atoms with van der Waals surface area (Å²) in [6.07, 6.45) is -9.18. The number of aromatic nitrogens is 1. The van der Waals surface area contributed by atoms with E-state index < -0.39 is 30.0 Å². The molecule has 0 fully saturated rings. The number of alkyl halides is 6. The summed E-state index contributed by atoms with van der Waals surface area (Å²) in [6, 6.07) is 5.03. The summed E-state index contributed by atoms with van der Waals surface area (Å²) < 4.78 is 85.4. The third-order valence-corrected chi connectivity index (χ3v) is 5.37. The number of hydrogen-bond donors (Lipinski definition) is 2. The molecule has 0 saturated heterocycles. The molecule has 2 heterocycles. The number of carbonyl (C=O) groups excluding carboxylic acids is 1. The molecule has 4 rings (SSSR count). The number of ether oxygens (including phenoxy) is 1. The number of urea groups is 1. The Kier molecular flexibility index (Phi) is 5.22. The lowest BCUT2D eigenvalue weighted by atomic mass is 9.97. The highest BCUT2D eigenvalue weighted by Crippen LogP contribution is 2.44. The Morgan fingerprint density at radius 2 is 1.78 bits per heavy atom. The predicted molar refractivity (Wildman–Crippen MR) is 105 cm³/mol. The number of benzene rings is 2. The molecule has 1 atom stereocenters. The molecule has 2 aromatic carbocycles. The lowest BCUT2D eigenvalue weighted by Gasteiger charge is -2.36. The monoisotopic (exact) mass is 457 g/mol. The van der Waals surface area contributed by atoms with Gasteiger partial charge in [-0.05, 0) is 54.4 Å². The van der Waals surface area contributed by atoms with Gasteiger partial charge in [0.25, 0.3) is 0 Å². The molecule has 1 aliphatic rings. The zero-order chi connectivity index (χ0) is 23.3. The van der Waals surface area contributed by atoms with Gasteiger partial charge >= 0.3 is 18.4 Å². The van der Waals surface area contributed by atoms with E-state index in [-0.39, 0.29) is 24.3 Å². The van der Waals surface area contributed by atoms with E-state index in [1.54, 1.807) is 18.2 Å². The van der Waals surface area contributed by atoms with Gasteiger partial charge in [-0.25, -0.2) is 4.79 Å². The van der Waals surface area contributed by atoms with E-state index in [2.05, 4.69) is 10.3 Å². The molecule has 0 radical (unpaired) electrons. The normalized spacial score (nSPS) is 16.7. The molecular formula is C21H17F6N3O2. The molecule has 170 valence electrons. The summed E-state index contributed by atoms with van der Waals surface area (Å²) in [7, 11) is 1.45. The Balaban J connectivity index is 1.65. The molecule has 1 unspecified atom stereocenters. The molecular weight excluding hydrogens is 440 g/mol. The van der Waals surface area contributed by atoms with Crippen LogP contribution in [-0.2, 0) is 12.6 Å². The molecule has 1 aliphatic heterocycles. The number of nitrogens with one attached hydrogen (secondary N) is 2. The van der Waals surface area contributed by atoms with E-state index >= 15 is 0 Å². The number of amides is 2. The summed E-state index contributed by atoms with van der Waals surface area (Å²) in [4.78, 5) is 16.1. The first kappa shape index (κ1) is 21.8. The van der Waals surface area contributed by atoms with Crippen molar-refractivity contribution in [2.75, 3.05) is 19.0 Å². The van der Waals surface area contributed by atoms with Crippen molar-refractivity contribution in [3.05, 3.63) is 59.3 Å². The standard InChI is InChI=1S/C21H17F6N3O2/c1-32-13-6-7-16-15(10-13)14-8-9-30(18(17(14)29-16)21(25,26)27)19(31)28-12-4-2-11(3-5-12)20(22,23)24/h2-7,10,18,29H,8-9H2,1H3,(H,28,31). The molecule has 2 amide bonds. The summed E-state index contributed by atoms with van der Waals surface area (Å²) in [6.45, 7) is -0.228. The number of aromatic amines is 1. The Bertz CT molecular complexity index is 1150. The van der Waals surface area contributed by atoms with Crippen molar-refractivity contribution in [2.45, 2.75) is 24.8 Å². The van der Waals surface area contributed by atoms with Crippen molar-refractivity contribution in [1.82, 2.24) is 9.88 Å². The number of anilines is 1. The van der Waals surface area contributed by atoms with Gasteiger partial charge in [-0.1, -0.05) is 0 Å². The second-order valence-corrected chi connectivity index (χ2v) is 7.32. The smallest absolute Gasteiger partial charge is 0.416 e. The van der Waals surface area contributed by atoms with Gasteiger partial charge in [0.1, 0.15) is 5.75 Å². The molecule has 0 bridgehead atoms. The van der Waals surface area contributed by atoms with Crippen molar-refractivity contribution < 1.29 is 35.9 Å². The van der Waals surface area contributed by atoms with Crippen LogP contribution in [-0.4, -0.2) is 35.7 Å². The maximum Gasteiger partial charge on any atom is 0.416 e. The van der Waals surface area contributed by atoms with Crippen molar-refractivity contribution in [3.63, 3.8) is 0 Å². The van der Waals surface area contributed by atoms with Crippen LogP contribution in [0.3, 0.4) is 0 Å². The van der Waals surface area contributed by atoms with Crippen LogP contribution in [0.1, 0.15) is 22.9 Å². The first-order valence-corrected chi connectivity index (χ1v) is 9.49. The Hall–Kier alpha value is -3.37. The van der Waals surface area contributed by atoms with E-state index in [9.17, 15) is 31.1 Å². The van der Waals surface area contributed by atoms with Crippen LogP contribution in [0.2, 0.25) is 0 Å². The lowest BCUT2D eigenvalue weighted by Crippen LogP contribution is -2.48. The van der Waals surface area contributed by atoms with Gasteiger partial charge in [0, 0.05) is 23.1 Å². The summed E-state index contributed by atoms with van der Waals surface area (Å²) in [5.41, 5.74) is -0.194. The minimum absolute atomic E-state index is 0.0453. The van der Waals surface area contributed by atoms with Crippen LogP contribution in [0.5, 0.6) is 5.75 Å². The van der Waals surface area contributed by atoms with Crippen molar-refractivity contribution in [3.8, 4) is 5.75 Å². The number of fused-ring (bicyclic) bond motifs is 3. The predicted octanol–water partition coefficient (Wildman–Crippen LogP) is 5.89. The molecule has 0 spiro atoms. The van der Waals surface area contributed by atoms with E-state index in [1.165, 1.54) is 7.11 Å². The molecule has 5 nitrogen and oxygen atoms in total. The Morgan fingerprint density at radius 3 is 2.38 bits per heavy atom. The molecule has 11 heteroatoms. The van der Waals surface area contributed by atoms with Gasteiger partial charge in [-0.3, -0.25) is 0 Å². The molecule has 3 aromatic rings. The van der Waals surface area contributed by atoms with Crippen molar-refractivity contribution in [1.29, 1.82) is 0 Å². The van der Waals surface area contributed by atoms with Crippen LogP contribution < -0.4 is 10.1 Å². The molecule has 2 N–H and O–H groups in total. The lowest BCUT2D eigenvalue weighted by molar-refractivity contribution is -0.180. The second-order valence-electron chi connectivity index (χ2n) is 7.32. The summed E-state index contributed by atoms with van der Waals surface area (Å²) in [5, 5.41) is 2.84. The number of methoxy groups -OCH3 is 1. The summed E-state index contributed by atoms with van der Waals surface area (Å²) >= 11 is 0. The van der Waals surface area contributed by atoms with Crippen molar-refractivity contribution >= 4 is 22.6 Å². The number of rotatable bonds is 2. The van der Waals surface area contributed by atoms with Gasteiger partial charge < -0.3 is 19.9 Å². The molecule has 32 heavy (non-hydrogen) atoms. The zero-order valence-corrected chi connectivity index (χ0v) is 16.6. The van der Waals surface area contributed by atoms with Gasteiger partial charge in [0.2, 0.25) is 0 Å². The largest absolute Gasteiger partial charge is 0.497 e. The topological polar surface area (TPSA) is 57.4 Å². The molecule has 0 aliphatic carbocycles. The third kappa shape index (κ3) is 3.94. The number of nitrogens with zero attached hydrogens (tertiary/aromatic N) is 1. The SMILES string of the molecule is COc1ccc2[nH]c3c(c2c1)CCN(C(=O)Nc1ccc(C(F)(F)F)cc1)C3C(F)(F)F. The first-order chi connectivity index (χ1) is 15.0. The van der Waals surface area contributed by atoms with Gasteiger partial charge in [0.15, 0.2) is 6.04 Å². The van der Waals surface area contributed by atoms with Crippen LogP contribution in [0, 0.1) is 0 Å². The van der Waals surface area contributed by atoms with Gasteiger partial charge in [0.05, 0.1) is 18.4 Å². The van der Waals surface area contributed by atoms with E-state index in [1.807, 2.05) is 0 Å². The minimum Gasteiger partial charge on any atom is -0.497 e. The summed E-state index contributed by atoms with van der Waals surface area (Å²) in [5.74, 6) is 0.491. The number of H-pyrrole nitrogens is 1. The fraction of sp³-hybridized carbons (Fsp3) is 0.286. The van der Waals surface area contributed by atoms with Crippen molar-refractivity contribution in [2.24, 2.45) is 0 Å². The number of halogens is 6. The maximum absolute atomic E-state index is 14.0. The van der Waals surface area contributed by atoms with Crippen LogP contribution in [0.25, 0.3) is 10.9 Å². The Morgan fingerprint density at radius 1 is 1.09 bits per heavy atom. The van der Waals surface area contributed by atoms with E-state index in [0.29, 0.717) is 27.1 Å². The fourth-order valence-electron chi connectivity index (χ4n) is 3.89. The third-order valence-electron chi connectivity index (χ3n) is 5.37. The number of hydrogen-bond acceptors (Lipinski definition) is 2. The average Bonchev–Trinajstić information content (AvgIpc) is 3.09. The fourth-order valence-corrected chi connectivity index (χ4v) is 3.89. The molecule has 1 aromatic heterocycles. The minimum atomic E-state index is -4.78. The van der Waals surface area contributed by atoms with Crippen LogP contribution in [0.15, 0.2) is 42.5 Å². The molecule has 0 saturated carbocycles. The Labute approximate surface area is 178 Å². The van der Waals surface area contributed by atoms with Crippen LogP contribution >= 0.6 is 0 Å². The first-order valence-electron chi connectivity index (χ1n) is 9.49.